The van der Waals surface area contributed by atoms with E-state index in [1.165, 1.54) is 0 Å². The van der Waals surface area contributed by atoms with Crippen molar-refractivity contribution in [2.75, 3.05) is 7.11 Å². The van der Waals surface area contributed by atoms with Crippen LogP contribution in [0.15, 0.2) is 77.9 Å². The maximum absolute atomic E-state index is 12.3. The lowest BCUT2D eigenvalue weighted by Crippen LogP contribution is -2.17. The van der Waals surface area contributed by atoms with Crippen molar-refractivity contribution in [1.29, 1.82) is 0 Å². The van der Waals surface area contributed by atoms with Crippen molar-refractivity contribution >= 4 is 22.9 Å². The second kappa shape index (κ2) is 7.75. The molecule has 4 aromatic rings. The van der Waals surface area contributed by atoms with Crippen LogP contribution in [0.5, 0.6) is 5.75 Å². The molecule has 0 bridgehead atoms. The van der Waals surface area contributed by atoms with Crippen molar-refractivity contribution in [2.24, 2.45) is 5.10 Å². The summed E-state index contributed by atoms with van der Waals surface area (Å²) in [7, 11) is 1.61. The van der Waals surface area contributed by atoms with E-state index in [2.05, 4.69) is 32.9 Å². The van der Waals surface area contributed by atoms with Gasteiger partial charge >= 0.3 is 0 Å². The maximum Gasteiger partial charge on any atom is 0.289 e. The molecule has 0 radical (unpaired) electrons. The Balaban J connectivity index is 1.45. The fraction of sp³-hybridized carbons (Fsp3) is 0.0455. The van der Waals surface area contributed by atoms with Crippen LogP contribution in [-0.2, 0) is 0 Å². The molecule has 0 aliphatic rings. The molecule has 1 heterocycles. The van der Waals surface area contributed by atoms with Crippen molar-refractivity contribution in [3.63, 3.8) is 0 Å². The summed E-state index contributed by atoms with van der Waals surface area (Å²) in [4.78, 5) is 12.3. The van der Waals surface area contributed by atoms with Crippen LogP contribution in [0, 0.1) is 0 Å². The van der Waals surface area contributed by atoms with Crippen LogP contribution in [0.3, 0.4) is 0 Å². The fourth-order valence-electron chi connectivity index (χ4n) is 2.85. The average Bonchev–Trinajstić information content (AvgIpc) is 3.24. The molecule has 1 aromatic heterocycles. The molecule has 0 spiro atoms. The number of carbonyl (C=O) groups is 1. The number of rotatable bonds is 5. The van der Waals surface area contributed by atoms with Gasteiger partial charge in [0.2, 0.25) is 0 Å². The average molecular weight is 370 g/mol. The van der Waals surface area contributed by atoms with Gasteiger partial charge in [0.25, 0.3) is 5.91 Å². The lowest BCUT2D eigenvalue weighted by molar-refractivity contribution is 0.0950. The van der Waals surface area contributed by atoms with Crippen LogP contribution >= 0.6 is 0 Å². The molecule has 0 atom stereocenters. The molecule has 0 unspecified atom stereocenters. The van der Waals surface area contributed by atoms with E-state index in [9.17, 15) is 4.79 Å². The molecular weight excluding hydrogens is 352 g/mol. The Morgan fingerprint density at radius 3 is 2.61 bits per heavy atom. The maximum atomic E-state index is 12.3. The first-order chi connectivity index (χ1) is 13.7. The number of benzene rings is 3. The molecule has 0 aliphatic heterocycles. The lowest BCUT2D eigenvalue weighted by Gasteiger charge is -2.00. The lowest BCUT2D eigenvalue weighted by atomic mass is 10.1. The summed E-state index contributed by atoms with van der Waals surface area (Å²) >= 11 is 0. The summed E-state index contributed by atoms with van der Waals surface area (Å²) in [5, 5.41) is 13.3. The van der Waals surface area contributed by atoms with Crippen molar-refractivity contribution in [1.82, 2.24) is 15.6 Å². The van der Waals surface area contributed by atoms with Gasteiger partial charge in [-0.1, -0.05) is 36.4 Å². The first-order valence-electron chi connectivity index (χ1n) is 8.75. The van der Waals surface area contributed by atoms with Gasteiger partial charge in [0.15, 0.2) is 0 Å². The number of nitrogens with zero attached hydrogens (tertiary/aromatic N) is 2. The number of nitrogens with one attached hydrogen (secondary N) is 2. The molecule has 4 rings (SSSR count). The molecule has 6 nitrogen and oxygen atoms in total. The van der Waals surface area contributed by atoms with Gasteiger partial charge in [0, 0.05) is 5.56 Å². The molecule has 6 heteroatoms. The topological polar surface area (TPSA) is 79.4 Å². The van der Waals surface area contributed by atoms with E-state index in [0.717, 1.165) is 27.6 Å². The number of carbonyl (C=O) groups excluding carboxylic acids is 1. The van der Waals surface area contributed by atoms with E-state index in [-0.39, 0.29) is 5.91 Å². The van der Waals surface area contributed by atoms with Gasteiger partial charge in [-0.15, -0.1) is 0 Å². The summed E-state index contributed by atoms with van der Waals surface area (Å²) in [5.41, 5.74) is 5.33. The Morgan fingerprint density at radius 1 is 1.04 bits per heavy atom. The zero-order valence-corrected chi connectivity index (χ0v) is 15.2. The number of H-pyrrole nitrogens is 1. The second-order valence-electron chi connectivity index (χ2n) is 6.20. The number of hydrazone groups is 1. The number of hydrogen-bond donors (Lipinski definition) is 2. The molecule has 138 valence electrons. The van der Waals surface area contributed by atoms with E-state index in [1.807, 2.05) is 54.6 Å². The minimum absolute atomic E-state index is 0.343. The standard InChI is InChI=1S/C22H18N4O2/c1-28-19-10-6-15(7-11-19)14-23-26-22(27)21-13-20(24-25-21)18-9-8-16-4-2-3-5-17(16)12-18/h2-14H,1H3,(H,24,25)(H,26,27). The predicted octanol–water partition coefficient (Wildman–Crippen LogP) is 4.00. The summed E-state index contributed by atoms with van der Waals surface area (Å²) < 4.78 is 5.11. The smallest absolute Gasteiger partial charge is 0.289 e. The zero-order chi connectivity index (χ0) is 19.3. The predicted molar refractivity (Wildman–Crippen MR) is 110 cm³/mol. The van der Waals surface area contributed by atoms with Crippen molar-refractivity contribution < 1.29 is 9.53 Å². The Bertz CT molecular complexity index is 1150. The van der Waals surface area contributed by atoms with Gasteiger partial charge in [0.05, 0.1) is 19.0 Å². The largest absolute Gasteiger partial charge is 0.497 e. The third-order valence-corrected chi connectivity index (χ3v) is 4.36. The number of amides is 1. The van der Waals surface area contributed by atoms with Gasteiger partial charge in [-0.25, -0.2) is 5.43 Å². The number of methoxy groups -OCH3 is 1. The number of hydrogen-bond acceptors (Lipinski definition) is 4. The van der Waals surface area contributed by atoms with Gasteiger partial charge in [-0.3, -0.25) is 9.89 Å². The quantitative estimate of drug-likeness (QED) is 0.412. The van der Waals surface area contributed by atoms with E-state index in [4.69, 9.17) is 4.74 Å². The number of fused-ring (bicyclic) bond motifs is 1. The summed E-state index contributed by atoms with van der Waals surface area (Å²) in [6.45, 7) is 0. The van der Waals surface area contributed by atoms with Crippen LogP contribution in [0.1, 0.15) is 16.1 Å². The van der Waals surface area contributed by atoms with Crippen LogP contribution in [0.4, 0.5) is 0 Å². The fourth-order valence-corrected chi connectivity index (χ4v) is 2.85. The first-order valence-corrected chi connectivity index (χ1v) is 8.75. The van der Waals surface area contributed by atoms with Crippen LogP contribution in [0.2, 0.25) is 0 Å². The minimum atomic E-state index is -0.357. The molecule has 1 amide bonds. The van der Waals surface area contributed by atoms with Crippen molar-refractivity contribution in [2.45, 2.75) is 0 Å². The zero-order valence-electron chi connectivity index (χ0n) is 15.2. The summed E-state index contributed by atoms with van der Waals surface area (Å²) in [6, 6.07) is 23.3. The SMILES string of the molecule is COc1ccc(C=NNC(=O)c2cc(-c3ccc4ccccc4c3)n[nH]2)cc1. The second-order valence-corrected chi connectivity index (χ2v) is 6.20. The number of aromatic amines is 1. The minimum Gasteiger partial charge on any atom is -0.497 e. The van der Waals surface area contributed by atoms with Gasteiger partial charge in [-0.05, 0) is 52.7 Å². The van der Waals surface area contributed by atoms with Crippen molar-refractivity contribution in [3.05, 3.63) is 84.1 Å². The summed E-state index contributed by atoms with van der Waals surface area (Å²) in [6.07, 6.45) is 1.57. The molecule has 3 aromatic carbocycles. The van der Waals surface area contributed by atoms with Crippen LogP contribution in [0.25, 0.3) is 22.0 Å². The molecule has 0 saturated carbocycles. The van der Waals surface area contributed by atoms with Crippen LogP contribution < -0.4 is 10.2 Å². The highest BCUT2D eigenvalue weighted by molar-refractivity contribution is 5.94. The first kappa shape index (κ1) is 17.5. The van der Waals surface area contributed by atoms with Gasteiger partial charge in [0.1, 0.15) is 11.4 Å². The van der Waals surface area contributed by atoms with Gasteiger partial charge in [-0.2, -0.15) is 10.2 Å². The Labute approximate surface area is 161 Å². The van der Waals surface area contributed by atoms with E-state index in [1.54, 1.807) is 19.4 Å². The Morgan fingerprint density at radius 2 is 1.82 bits per heavy atom. The molecule has 0 fully saturated rings. The third-order valence-electron chi connectivity index (χ3n) is 4.36. The highest BCUT2D eigenvalue weighted by Gasteiger charge is 2.10. The van der Waals surface area contributed by atoms with Crippen LogP contribution in [-0.4, -0.2) is 29.4 Å². The monoisotopic (exact) mass is 370 g/mol. The Hall–Kier alpha value is -3.93. The molecule has 28 heavy (non-hydrogen) atoms. The molecular formula is C22H18N4O2. The Kier molecular flexibility index (Phi) is 4.84. The van der Waals surface area contributed by atoms with E-state index < -0.39 is 0 Å². The van der Waals surface area contributed by atoms with E-state index >= 15 is 0 Å². The molecule has 0 saturated heterocycles. The summed E-state index contributed by atoms with van der Waals surface area (Å²) in [5.74, 6) is 0.407. The number of ether oxygens (including phenoxy) is 1. The highest BCUT2D eigenvalue weighted by atomic mass is 16.5. The molecule has 2 N–H and O–H groups in total. The highest BCUT2D eigenvalue weighted by Crippen LogP contribution is 2.23. The van der Waals surface area contributed by atoms with Gasteiger partial charge < -0.3 is 4.74 Å². The van der Waals surface area contributed by atoms with E-state index in [0.29, 0.717) is 11.4 Å². The normalized spacial score (nSPS) is 11.0. The number of aromatic nitrogens is 2. The third kappa shape index (κ3) is 3.76. The van der Waals surface area contributed by atoms with Crippen molar-refractivity contribution in [3.8, 4) is 17.0 Å². The molecule has 0 aliphatic carbocycles.